The molecule has 0 saturated heterocycles. The normalized spacial score (nSPS) is 14.8. The Kier molecular flexibility index (Phi) is 2.81. The van der Waals surface area contributed by atoms with Crippen LogP contribution in [-0.2, 0) is 13.0 Å². The lowest BCUT2D eigenvalue weighted by Gasteiger charge is -2.08. The van der Waals surface area contributed by atoms with Gasteiger partial charge >= 0.3 is 5.97 Å². The van der Waals surface area contributed by atoms with Crippen LogP contribution in [0.5, 0.6) is 0 Å². The van der Waals surface area contributed by atoms with Crippen molar-refractivity contribution in [3.63, 3.8) is 0 Å². The molecular weight excluding hydrogens is 246 g/mol. The van der Waals surface area contributed by atoms with Gasteiger partial charge in [-0.15, -0.1) is 5.10 Å². The van der Waals surface area contributed by atoms with Gasteiger partial charge in [-0.1, -0.05) is 12.1 Å². The van der Waals surface area contributed by atoms with Crippen LogP contribution in [0.1, 0.15) is 47.7 Å². The first kappa shape index (κ1) is 11.9. The Morgan fingerprint density at radius 1 is 1.53 bits per heavy atom. The van der Waals surface area contributed by atoms with Gasteiger partial charge in [0.2, 0.25) is 0 Å². The molecule has 1 aliphatic carbocycles. The summed E-state index contributed by atoms with van der Waals surface area (Å²) in [5.41, 5.74) is 1.73. The molecule has 3 rings (SSSR count). The van der Waals surface area contributed by atoms with E-state index in [4.69, 9.17) is 5.11 Å². The lowest BCUT2D eigenvalue weighted by molar-refractivity contribution is 0.0689. The second-order valence-corrected chi connectivity index (χ2v) is 4.72. The van der Waals surface area contributed by atoms with E-state index in [-0.39, 0.29) is 5.69 Å². The highest BCUT2D eigenvalue weighted by atomic mass is 16.4. The molecule has 2 heterocycles. The number of imidazole rings is 1. The third-order valence-corrected chi connectivity index (χ3v) is 3.37. The van der Waals surface area contributed by atoms with Crippen LogP contribution in [0.4, 0.5) is 0 Å². The van der Waals surface area contributed by atoms with Gasteiger partial charge < -0.3 is 9.67 Å². The number of aromatic carboxylic acids is 1. The highest BCUT2D eigenvalue weighted by Gasteiger charge is 2.26. The molecule has 1 saturated carbocycles. The summed E-state index contributed by atoms with van der Waals surface area (Å²) in [6, 6.07) is 0.546. The molecule has 7 heteroatoms. The van der Waals surface area contributed by atoms with E-state index in [9.17, 15) is 4.79 Å². The molecule has 1 fully saturated rings. The van der Waals surface area contributed by atoms with E-state index in [0.717, 1.165) is 5.69 Å². The summed E-state index contributed by atoms with van der Waals surface area (Å²) >= 11 is 0. The number of hydrogen-bond acceptors (Lipinski definition) is 4. The van der Waals surface area contributed by atoms with E-state index >= 15 is 0 Å². The van der Waals surface area contributed by atoms with Crippen LogP contribution in [0.2, 0.25) is 0 Å². The maximum absolute atomic E-state index is 11.0. The van der Waals surface area contributed by atoms with Gasteiger partial charge in [-0.25, -0.2) is 14.5 Å². The highest BCUT2D eigenvalue weighted by molar-refractivity contribution is 5.86. The van der Waals surface area contributed by atoms with E-state index in [0.29, 0.717) is 24.7 Å². The molecule has 0 unspecified atom stereocenters. The molecular formula is C12H15N5O2. The van der Waals surface area contributed by atoms with Gasteiger partial charge in [-0.05, 0) is 19.3 Å². The van der Waals surface area contributed by atoms with Crippen molar-refractivity contribution in [3.05, 3.63) is 29.6 Å². The van der Waals surface area contributed by atoms with Gasteiger partial charge in [0.15, 0.2) is 5.69 Å². The first-order chi connectivity index (χ1) is 9.20. The minimum Gasteiger partial charge on any atom is -0.476 e. The fourth-order valence-corrected chi connectivity index (χ4v) is 2.27. The fourth-order valence-electron chi connectivity index (χ4n) is 2.27. The van der Waals surface area contributed by atoms with Gasteiger partial charge in [0.1, 0.15) is 0 Å². The van der Waals surface area contributed by atoms with Crippen molar-refractivity contribution >= 4 is 5.97 Å². The van der Waals surface area contributed by atoms with Crippen LogP contribution in [0, 0.1) is 0 Å². The molecule has 2 aromatic rings. The molecule has 7 nitrogen and oxygen atoms in total. The molecule has 0 spiro atoms. The van der Waals surface area contributed by atoms with E-state index in [1.54, 1.807) is 10.9 Å². The first-order valence-corrected chi connectivity index (χ1v) is 6.37. The summed E-state index contributed by atoms with van der Waals surface area (Å²) in [6.45, 7) is 2.42. The van der Waals surface area contributed by atoms with Gasteiger partial charge in [0.25, 0.3) is 0 Å². The number of rotatable bonds is 5. The van der Waals surface area contributed by atoms with Crippen LogP contribution in [0.3, 0.4) is 0 Å². The van der Waals surface area contributed by atoms with Gasteiger partial charge in [0, 0.05) is 6.04 Å². The first-order valence-electron chi connectivity index (χ1n) is 6.37. The Hall–Kier alpha value is -2.18. The Balaban J connectivity index is 1.90. The minimum absolute atomic E-state index is 0.0417. The third-order valence-electron chi connectivity index (χ3n) is 3.37. The standard InChI is InChI=1S/C12H15N5O2/c1-2-10-11(12(18)19)14-15-17(10)6-9-5-13-7-16(9)8-3-4-8/h5,7-8H,2-4,6H2,1H3,(H,18,19). The summed E-state index contributed by atoms with van der Waals surface area (Å²) in [4.78, 5) is 15.2. The van der Waals surface area contributed by atoms with Crippen LogP contribution in [0.15, 0.2) is 12.5 Å². The van der Waals surface area contributed by atoms with Crippen molar-refractivity contribution < 1.29 is 9.90 Å². The zero-order valence-electron chi connectivity index (χ0n) is 10.7. The Morgan fingerprint density at radius 3 is 2.95 bits per heavy atom. The third kappa shape index (κ3) is 2.11. The van der Waals surface area contributed by atoms with Crippen molar-refractivity contribution in [1.82, 2.24) is 24.5 Å². The van der Waals surface area contributed by atoms with E-state index in [1.165, 1.54) is 12.8 Å². The second kappa shape index (κ2) is 4.49. The molecule has 0 radical (unpaired) electrons. The van der Waals surface area contributed by atoms with Crippen molar-refractivity contribution in [1.29, 1.82) is 0 Å². The predicted molar refractivity (Wildman–Crippen MR) is 66.0 cm³/mol. The average molecular weight is 261 g/mol. The van der Waals surface area contributed by atoms with E-state index in [2.05, 4.69) is 19.9 Å². The quantitative estimate of drug-likeness (QED) is 0.871. The molecule has 0 bridgehead atoms. The molecule has 100 valence electrons. The minimum atomic E-state index is -1.03. The number of carbonyl (C=O) groups is 1. The summed E-state index contributed by atoms with van der Waals surface area (Å²) in [5.74, 6) is -1.03. The van der Waals surface area contributed by atoms with E-state index < -0.39 is 5.97 Å². The van der Waals surface area contributed by atoms with Gasteiger partial charge in [-0.2, -0.15) is 0 Å². The molecule has 1 N–H and O–H groups in total. The molecule has 2 aromatic heterocycles. The topological polar surface area (TPSA) is 85.8 Å². The number of hydrogen-bond donors (Lipinski definition) is 1. The highest BCUT2D eigenvalue weighted by Crippen LogP contribution is 2.35. The smallest absolute Gasteiger partial charge is 0.358 e. The van der Waals surface area contributed by atoms with Crippen LogP contribution in [-0.4, -0.2) is 35.6 Å². The zero-order chi connectivity index (χ0) is 13.4. The van der Waals surface area contributed by atoms with Crippen molar-refractivity contribution in [2.24, 2.45) is 0 Å². The molecule has 1 aliphatic rings. The van der Waals surface area contributed by atoms with Crippen LogP contribution < -0.4 is 0 Å². The SMILES string of the molecule is CCc1c(C(=O)O)nnn1Cc1cncn1C1CC1. The van der Waals surface area contributed by atoms with Crippen molar-refractivity contribution in [2.75, 3.05) is 0 Å². The number of nitrogens with zero attached hydrogens (tertiary/aromatic N) is 5. The number of aromatic nitrogens is 5. The summed E-state index contributed by atoms with van der Waals surface area (Å²) in [6.07, 6.45) is 6.59. The summed E-state index contributed by atoms with van der Waals surface area (Å²) in [7, 11) is 0. The van der Waals surface area contributed by atoms with Gasteiger partial charge in [0.05, 0.1) is 30.5 Å². The van der Waals surface area contributed by atoms with Crippen LogP contribution in [0.25, 0.3) is 0 Å². The Morgan fingerprint density at radius 2 is 2.32 bits per heavy atom. The Labute approximate surface area is 109 Å². The predicted octanol–water partition coefficient (Wildman–Crippen LogP) is 1.12. The molecule has 0 atom stereocenters. The molecule has 19 heavy (non-hydrogen) atoms. The lowest BCUT2D eigenvalue weighted by atomic mass is 10.2. The van der Waals surface area contributed by atoms with E-state index in [1.807, 2.05) is 13.3 Å². The summed E-state index contributed by atoms with van der Waals surface area (Å²) in [5, 5.41) is 16.7. The summed E-state index contributed by atoms with van der Waals surface area (Å²) < 4.78 is 3.79. The maximum Gasteiger partial charge on any atom is 0.358 e. The largest absolute Gasteiger partial charge is 0.476 e. The number of carboxylic acid groups (broad SMARTS) is 1. The van der Waals surface area contributed by atoms with Crippen LogP contribution >= 0.6 is 0 Å². The maximum atomic E-state index is 11.0. The average Bonchev–Trinajstić information content (AvgIpc) is 2.99. The lowest BCUT2D eigenvalue weighted by Crippen LogP contribution is -2.11. The van der Waals surface area contributed by atoms with Gasteiger partial charge in [-0.3, -0.25) is 0 Å². The number of carboxylic acids is 1. The monoisotopic (exact) mass is 261 g/mol. The molecule has 0 aromatic carbocycles. The zero-order valence-corrected chi connectivity index (χ0v) is 10.7. The Bertz CT molecular complexity index is 611. The second-order valence-electron chi connectivity index (χ2n) is 4.72. The van der Waals surface area contributed by atoms with Crippen molar-refractivity contribution in [3.8, 4) is 0 Å². The fraction of sp³-hybridized carbons (Fsp3) is 0.500. The van der Waals surface area contributed by atoms with Crippen molar-refractivity contribution in [2.45, 2.75) is 38.8 Å². The molecule has 0 aliphatic heterocycles. The molecule has 0 amide bonds.